The first-order chi connectivity index (χ1) is 17.4. The van der Waals surface area contributed by atoms with E-state index >= 15 is 0 Å². The molecule has 0 atom stereocenters. The molecule has 0 aliphatic carbocycles. The Morgan fingerprint density at radius 1 is 0.889 bits per heavy atom. The zero-order valence-electron chi connectivity index (χ0n) is 19.7. The minimum absolute atomic E-state index is 0.245. The van der Waals surface area contributed by atoms with Gasteiger partial charge in [0.25, 0.3) is 11.1 Å². The Morgan fingerprint density at radius 2 is 1.69 bits per heavy atom. The molecule has 1 aliphatic heterocycles. The van der Waals surface area contributed by atoms with Gasteiger partial charge in [-0.15, -0.1) is 0 Å². The predicted molar refractivity (Wildman–Crippen MR) is 146 cm³/mol. The van der Waals surface area contributed by atoms with E-state index in [9.17, 15) is 9.59 Å². The largest absolute Gasteiger partial charge is 0.490 e. The molecule has 0 bridgehead atoms. The molecule has 0 aromatic heterocycles. The molecule has 0 unspecified atom stereocenters. The molecule has 0 spiro atoms. The molecule has 1 aliphatic rings. The number of imide groups is 1. The molecule has 0 saturated carbocycles. The first-order valence-electron chi connectivity index (χ1n) is 11.6. The fourth-order valence-electron chi connectivity index (χ4n) is 3.72. The van der Waals surface area contributed by atoms with Crippen LogP contribution in [0.5, 0.6) is 11.5 Å². The lowest BCUT2D eigenvalue weighted by atomic mass is 10.1. The Bertz CT molecular complexity index is 1280. The summed E-state index contributed by atoms with van der Waals surface area (Å²) >= 11 is 13.0. The predicted octanol–water partition coefficient (Wildman–Crippen LogP) is 7.64. The Kier molecular flexibility index (Phi) is 8.97. The lowest BCUT2D eigenvalue weighted by molar-refractivity contribution is -0.122. The van der Waals surface area contributed by atoms with Gasteiger partial charge in [-0.2, -0.15) is 0 Å². The molecule has 4 rings (SSSR count). The van der Waals surface area contributed by atoms with E-state index < -0.39 is 0 Å². The second kappa shape index (κ2) is 12.3. The average molecular weight is 542 g/mol. The summed E-state index contributed by atoms with van der Waals surface area (Å²) in [6.07, 6.45) is 3.24. The molecule has 1 heterocycles. The van der Waals surface area contributed by atoms with Gasteiger partial charge >= 0.3 is 0 Å². The number of thioether (sulfide) groups is 1. The number of ether oxygens (including phenoxy) is 2. The van der Waals surface area contributed by atoms with Crippen LogP contribution in [0.25, 0.3) is 6.08 Å². The van der Waals surface area contributed by atoms with Crippen molar-refractivity contribution in [1.29, 1.82) is 0 Å². The van der Waals surface area contributed by atoms with Crippen LogP contribution in [0.1, 0.15) is 30.0 Å². The molecule has 8 heteroatoms. The Balaban J connectivity index is 1.42. The average Bonchev–Trinajstić information content (AvgIpc) is 3.14. The fraction of sp³-hybridized carbons (Fsp3) is 0.214. The topological polar surface area (TPSA) is 55.8 Å². The summed E-state index contributed by atoms with van der Waals surface area (Å²) in [5.41, 5.74) is 2.80. The molecule has 3 aromatic carbocycles. The van der Waals surface area contributed by atoms with Gasteiger partial charge in [0.05, 0.1) is 21.6 Å². The van der Waals surface area contributed by atoms with Crippen LogP contribution in [0.3, 0.4) is 0 Å². The maximum Gasteiger partial charge on any atom is 0.293 e. The van der Waals surface area contributed by atoms with Gasteiger partial charge in [-0.3, -0.25) is 14.5 Å². The minimum Gasteiger partial charge on any atom is -0.490 e. The highest BCUT2D eigenvalue weighted by atomic mass is 35.5. The smallest absolute Gasteiger partial charge is 0.293 e. The molecule has 1 saturated heterocycles. The van der Waals surface area contributed by atoms with E-state index in [0.29, 0.717) is 46.0 Å². The van der Waals surface area contributed by atoms with Crippen LogP contribution in [-0.2, 0) is 17.8 Å². The van der Waals surface area contributed by atoms with Gasteiger partial charge in [0.2, 0.25) is 0 Å². The molecular formula is C28H25Cl2NO4S. The third-order valence-corrected chi connectivity index (χ3v) is 7.15. The van der Waals surface area contributed by atoms with Crippen molar-refractivity contribution >= 4 is 52.2 Å². The summed E-state index contributed by atoms with van der Waals surface area (Å²) in [6, 6.07) is 20.8. The van der Waals surface area contributed by atoms with Gasteiger partial charge in [-0.05, 0) is 78.6 Å². The Hall–Kier alpha value is -2.93. The Labute approximate surface area is 225 Å². The van der Waals surface area contributed by atoms with E-state index in [2.05, 4.69) is 0 Å². The molecule has 0 N–H and O–H groups in total. The van der Waals surface area contributed by atoms with E-state index in [1.165, 1.54) is 10.5 Å². The third kappa shape index (κ3) is 6.64. The zero-order chi connectivity index (χ0) is 25.5. The van der Waals surface area contributed by atoms with Gasteiger partial charge in [0.1, 0.15) is 6.61 Å². The number of halogens is 2. The van der Waals surface area contributed by atoms with Crippen molar-refractivity contribution < 1.29 is 19.1 Å². The number of rotatable bonds is 10. The molecule has 2 amide bonds. The van der Waals surface area contributed by atoms with Crippen LogP contribution in [0.15, 0.2) is 71.6 Å². The summed E-state index contributed by atoms with van der Waals surface area (Å²) in [7, 11) is 0. The number of hydrogen-bond acceptors (Lipinski definition) is 5. The lowest BCUT2D eigenvalue weighted by Gasteiger charge is -2.13. The molecule has 0 radical (unpaired) electrons. The summed E-state index contributed by atoms with van der Waals surface area (Å²) in [5.74, 6) is 0.846. The monoisotopic (exact) mass is 541 g/mol. The lowest BCUT2D eigenvalue weighted by Crippen LogP contribution is -2.29. The molecule has 1 fully saturated rings. The first-order valence-corrected chi connectivity index (χ1v) is 13.1. The van der Waals surface area contributed by atoms with Gasteiger partial charge in [0, 0.05) is 6.54 Å². The number of benzene rings is 3. The summed E-state index contributed by atoms with van der Waals surface area (Å²) in [4.78, 5) is 27.1. The number of carbonyl (C=O) groups excluding carboxylic acids is 2. The van der Waals surface area contributed by atoms with Gasteiger partial charge in [-0.25, -0.2) is 0 Å². The SMILES string of the molecule is CCOc1cc(/C=C2/SC(=O)N(CCCc3ccccc3)C2=O)ccc1OCc1ccc(Cl)c(Cl)c1. The normalized spacial score (nSPS) is 14.5. The number of aryl methyl sites for hydroxylation is 1. The number of amides is 2. The maximum atomic E-state index is 12.9. The van der Waals surface area contributed by atoms with Crippen molar-refractivity contribution in [2.24, 2.45) is 0 Å². The van der Waals surface area contributed by atoms with Crippen molar-refractivity contribution in [3.63, 3.8) is 0 Å². The molecule has 186 valence electrons. The number of hydrogen-bond donors (Lipinski definition) is 0. The van der Waals surface area contributed by atoms with Crippen LogP contribution in [0, 0.1) is 0 Å². The highest BCUT2D eigenvalue weighted by Gasteiger charge is 2.34. The summed E-state index contributed by atoms with van der Waals surface area (Å²) < 4.78 is 11.7. The highest BCUT2D eigenvalue weighted by Crippen LogP contribution is 2.35. The van der Waals surface area contributed by atoms with Crippen molar-refractivity contribution in [3.8, 4) is 11.5 Å². The van der Waals surface area contributed by atoms with Gasteiger partial charge in [-0.1, -0.05) is 65.7 Å². The second-order valence-electron chi connectivity index (χ2n) is 8.10. The van der Waals surface area contributed by atoms with Crippen molar-refractivity contribution in [3.05, 3.63) is 98.4 Å². The molecule has 36 heavy (non-hydrogen) atoms. The van der Waals surface area contributed by atoms with Crippen LogP contribution in [0.2, 0.25) is 10.0 Å². The van der Waals surface area contributed by atoms with Crippen LogP contribution in [0.4, 0.5) is 4.79 Å². The Morgan fingerprint density at radius 3 is 2.44 bits per heavy atom. The third-order valence-electron chi connectivity index (χ3n) is 5.51. The minimum atomic E-state index is -0.268. The highest BCUT2D eigenvalue weighted by molar-refractivity contribution is 8.18. The quantitative estimate of drug-likeness (QED) is 0.247. The van der Waals surface area contributed by atoms with E-state index in [-0.39, 0.29) is 17.8 Å². The summed E-state index contributed by atoms with van der Waals surface area (Å²) in [6.45, 7) is 3.02. The van der Waals surface area contributed by atoms with E-state index in [4.69, 9.17) is 32.7 Å². The molecular weight excluding hydrogens is 517 g/mol. The number of nitrogens with zero attached hydrogens (tertiary/aromatic N) is 1. The first kappa shape index (κ1) is 26.1. The van der Waals surface area contributed by atoms with Gasteiger partial charge < -0.3 is 9.47 Å². The van der Waals surface area contributed by atoms with E-state index in [0.717, 1.165) is 29.3 Å². The summed E-state index contributed by atoms with van der Waals surface area (Å²) in [5, 5.41) is 0.707. The fourth-order valence-corrected chi connectivity index (χ4v) is 4.91. The van der Waals surface area contributed by atoms with Gasteiger partial charge in [0.15, 0.2) is 11.5 Å². The van der Waals surface area contributed by atoms with Crippen molar-refractivity contribution in [2.75, 3.05) is 13.2 Å². The molecule has 5 nitrogen and oxygen atoms in total. The maximum absolute atomic E-state index is 12.9. The van der Waals surface area contributed by atoms with Crippen molar-refractivity contribution in [2.45, 2.75) is 26.4 Å². The standard InChI is InChI=1S/C28H25Cl2NO4S/c1-2-34-25-16-20(11-13-24(25)35-18-21-10-12-22(29)23(30)15-21)17-26-27(32)31(28(33)36-26)14-6-9-19-7-4-3-5-8-19/h3-5,7-8,10-13,15-17H,2,6,9,14,18H2,1H3/b26-17+. The second-order valence-corrected chi connectivity index (χ2v) is 9.91. The molecule has 3 aromatic rings. The van der Waals surface area contributed by atoms with Crippen LogP contribution >= 0.6 is 35.0 Å². The number of carbonyl (C=O) groups is 2. The van der Waals surface area contributed by atoms with Crippen LogP contribution < -0.4 is 9.47 Å². The zero-order valence-corrected chi connectivity index (χ0v) is 22.0. The van der Waals surface area contributed by atoms with E-state index in [1.807, 2.05) is 49.4 Å². The van der Waals surface area contributed by atoms with E-state index in [1.54, 1.807) is 30.3 Å². The van der Waals surface area contributed by atoms with Crippen LogP contribution in [-0.4, -0.2) is 29.2 Å². The van der Waals surface area contributed by atoms with Crippen molar-refractivity contribution in [1.82, 2.24) is 4.90 Å².